The molecular formula is C11H14N2O3S. The molecule has 1 aliphatic rings. The summed E-state index contributed by atoms with van der Waals surface area (Å²) < 4.78 is 25.5. The highest BCUT2D eigenvalue weighted by molar-refractivity contribution is 7.90. The third-order valence-corrected chi connectivity index (χ3v) is 4.76. The first kappa shape index (κ1) is 11.9. The summed E-state index contributed by atoms with van der Waals surface area (Å²) in [7, 11) is -2.08. The maximum Gasteiger partial charge on any atom is 0.269 e. The number of hydrogen-bond acceptors (Lipinski definition) is 4. The van der Waals surface area contributed by atoms with Gasteiger partial charge in [-0.15, -0.1) is 0 Å². The van der Waals surface area contributed by atoms with Gasteiger partial charge >= 0.3 is 0 Å². The summed E-state index contributed by atoms with van der Waals surface area (Å²) >= 11 is 0. The summed E-state index contributed by atoms with van der Waals surface area (Å²) in [5.41, 5.74) is 0.699. The lowest BCUT2D eigenvalue weighted by atomic mass is 10.2. The molecule has 1 aromatic carbocycles. The molecule has 0 atom stereocenters. The van der Waals surface area contributed by atoms with Gasteiger partial charge in [-0.05, 0) is 26.0 Å². The van der Waals surface area contributed by atoms with E-state index in [9.17, 15) is 13.2 Å². The van der Waals surface area contributed by atoms with Crippen molar-refractivity contribution in [1.82, 2.24) is 4.31 Å². The third-order valence-electron chi connectivity index (χ3n) is 2.70. The summed E-state index contributed by atoms with van der Waals surface area (Å²) in [6.45, 7) is 3.36. The highest BCUT2D eigenvalue weighted by atomic mass is 32.2. The minimum atomic E-state index is -3.72. The summed E-state index contributed by atoms with van der Waals surface area (Å²) in [4.78, 5) is 12.1. The van der Waals surface area contributed by atoms with E-state index in [1.807, 2.05) is 0 Å². The lowest BCUT2D eigenvalue weighted by molar-refractivity contribution is 0.0846. The van der Waals surface area contributed by atoms with Crippen molar-refractivity contribution in [2.45, 2.75) is 24.8 Å². The fourth-order valence-electron chi connectivity index (χ4n) is 2.02. The van der Waals surface area contributed by atoms with Crippen molar-refractivity contribution in [3.8, 4) is 0 Å². The number of amides is 1. The van der Waals surface area contributed by atoms with Gasteiger partial charge in [0, 0.05) is 13.1 Å². The Labute approximate surface area is 100 Å². The number of benzene rings is 1. The Morgan fingerprint density at radius 3 is 2.47 bits per heavy atom. The van der Waals surface area contributed by atoms with Gasteiger partial charge in [0.1, 0.15) is 4.90 Å². The van der Waals surface area contributed by atoms with Crippen LogP contribution in [0, 0.1) is 0 Å². The number of sulfonamides is 1. The predicted octanol–water partition coefficient (Wildman–Crippen LogP) is 1.28. The second kappa shape index (κ2) is 3.73. The van der Waals surface area contributed by atoms with E-state index in [1.165, 1.54) is 0 Å². The van der Waals surface area contributed by atoms with Crippen LogP contribution in [0.5, 0.6) is 0 Å². The molecule has 0 aromatic heterocycles. The van der Waals surface area contributed by atoms with Crippen LogP contribution in [0.25, 0.3) is 0 Å². The van der Waals surface area contributed by atoms with E-state index in [-0.39, 0.29) is 16.5 Å². The first-order chi connectivity index (χ1) is 7.91. The van der Waals surface area contributed by atoms with Crippen molar-refractivity contribution in [2.75, 3.05) is 12.4 Å². The molecule has 0 bridgehead atoms. The van der Waals surface area contributed by atoms with Gasteiger partial charge in [0.25, 0.3) is 15.9 Å². The lowest BCUT2D eigenvalue weighted by Gasteiger charge is -2.19. The van der Waals surface area contributed by atoms with Gasteiger partial charge in [-0.3, -0.25) is 4.79 Å². The second-order valence-electron chi connectivity index (χ2n) is 4.13. The Morgan fingerprint density at radius 1 is 1.29 bits per heavy atom. The largest absolute Gasteiger partial charge is 0.387 e. The van der Waals surface area contributed by atoms with Crippen LogP contribution in [0.4, 0.5) is 5.69 Å². The summed E-state index contributed by atoms with van der Waals surface area (Å²) in [6, 6.07) is 4.47. The molecule has 92 valence electrons. The number of nitrogens with one attached hydrogen (secondary N) is 1. The molecule has 5 nitrogen and oxygen atoms in total. The van der Waals surface area contributed by atoms with E-state index in [0.717, 1.165) is 4.31 Å². The molecule has 1 heterocycles. The topological polar surface area (TPSA) is 66.5 Å². The van der Waals surface area contributed by atoms with Gasteiger partial charge in [0.2, 0.25) is 0 Å². The van der Waals surface area contributed by atoms with Crippen LogP contribution in [0.2, 0.25) is 0 Å². The third kappa shape index (κ3) is 1.51. The zero-order valence-corrected chi connectivity index (χ0v) is 10.7. The lowest BCUT2D eigenvalue weighted by Crippen LogP contribution is -2.36. The van der Waals surface area contributed by atoms with Crippen molar-refractivity contribution in [3.63, 3.8) is 0 Å². The van der Waals surface area contributed by atoms with Crippen molar-refractivity contribution < 1.29 is 13.2 Å². The van der Waals surface area contributed by atoms with E-state index in [2.05, 4.69) is 5.32 Å². The molecule has 1 aromatic rings. The molecule has 17 heavy (non-hydrogen) atoms. The van der Waals surface area contributed by atoms with Crippen LogP contribution < -0.4 is 5.32 Å². The summed E-state index contributed by atoms with van der Waals surface area (Å²) in [5.74, 6) is -0.452. The van der Waals surface area contributed by atoms with Crippen molar-refractivity contribution >= 4 is 21.6 Å². The average molecular weight is 254 g/mol. The molecule has 1 aliphatic heterocycles. The monoisotopic (exact) mass is 254 g/mol. The maximum absolute atomic E-state index is 12.3. The summed E-state index contributed by atoms with van der Waals surface area (Å²) in [6.07, 6.45) is 0. The van der Waals surface area contributed by atoms with Crippen molar-refractivity contribution in [1.29, 1.82) is 0 Å². The molecule has 0 fully saturated rings. The highest BCUT2D eigenvalue weighted by Gasteiger charge is 2.44. The van der Waals surface area contributed by atoms with Crippen molar-refractivity contribution in [2.24, 2.45) is 0 Å². The number of carbonyl (C=O) groups is 1. The van der Waals surface area contributed by atoms with Crippen LogP contribution in [0.1, 0.15) is 24.2 Å². The molecule has 1 N–H and O–H groups in total. The standard InChI is InChI=1S/C11H14N2O3S/c1-7(2)13-11(14)8-5-4-6-9(12-3)10(8)17(13,15)16/h4-7,12H,1-3H3. The fraction of sp³-hybridized carbons (Fsp3) is 0.364. The van der Waals surface area contributed by atoms with Crippen LogP contribution >= 0.6 is 0 Å². The number of fused-ring (bicyclic) bond motifs is 1. The zero-order valence-electron chi connectivity index (χ0n) is 9.89. The molecule has 0 spiro atoms. The predicted molar refractivity (Wildman–Crippen MR) is 64.5 cm³/mol. The van der Waals surface area contributed by atoms with Crippen LogP contribution in [-0.4, -0.2) is 31.7 Å². The van der Waals surface area contributed by atoms with Gasteiger partial charge in [-0.25, -0.2) is 12.7 Å². The Hall–Kier alpha value is -1.56. The first-order valence-electron chi connectivity index (χ1n) is 5.30. The Morgan fingerprint density at radius 2 is 1.94 bits per heavy atom. The van der Waals surface area contributed by atoms with Gasteiger partial charge in [0.15, 0.2) is 0 Å². The number of anilines is 1. The molecule has 0 unspecified atom stereocenters. The normalized spacial score (nSPS) is 17.4. The smallest absolute Gasteiger partial charge is 0.269 e. The summed E-state index contributed by atoms with van der Waals surface area (Å²) in [5, 5.41) is 2.80. The van der Waals surface area contributed by atoms with E-state index in [4.69, 9.17) is 0 Å². The van der Waals surface area contributed by atoms with Crippen LogP contribution in [0.15, 0.2) is 23.1 Å². The van der Waals surface area contributed by atoms with Gasteiger partial charge in [0.05, 0.1) is 11.3 Å². The SMILES string of the molecule is CNc1cccc2c1S(=O)(=O)N(C(C)C)C2=O. The molecule has 2 rings (SSSR count). The Balaban J connectivity index is 2.76. The Bertz CT molecular complexity index is 578. The average Bonchev–Trinajstić information content (AvgIpc) is 2.46. The molecular weight excluding hydrogens is 240 g/mol. The molecule has 0 saturated heterocycles. The zero-order chi connectivity index (χ0) is 12.8. The van der Waals surface area contributed by atoms with Gasteiger partial charge in [-0.2, -0.15) is 0 Å². The number of hydrogen-bond donors (Lipinski definition) is 1. The van der Waals surface area contributed by atoms with E-state index in [1.54, 1.807) is 39.1 Å². The van der Waals surface area contributed by atoms with E-state index >= 15 is 0 Å². The van der Waals surface area contributed by atoms with E-state index in [0.29, 0.717) is 5.69 Å². The number of carbonyl (C=O) groups excluding carboxylic acids is 1. The fourth-order valence-corrected chi connectivity index (χ4v) is 3.97. The highest BCUT2D eigenvalue weighted by Crippen LogP contribution is 2.36. The van der Waals surface area contributed by atoms with Crippen LogP contribution in [-0.2, 0) is 10.0 Å². The van der Waals surface area contributed by atoms with Gasteiger partial charge in [-0.1, -0.05) is 6.07 Å². The first-order valence-corrected chi connectivity index (χ1v) is 6.74. The quantitative estimate of drug-likeness (QED) is 0.863. The molecule has 0 aliphatic carbocycles. The number of nitrogens with zero attached hydrogens (tertiary/aromatic N) is 1. The minimum absolute atomic E-state index is 0.0844. The van der Waals surface area contributed by atoms with Crippen molar-refractivity contribution in [3.05, 3.63) is 23.8 Å². The molecule has 0 saturated carbocycles. The Kier molecular flexibility index (Phi) is 2.61. The molecule has 0 radical (unpaired) electrons. The minimum Gasteiger partial charge on any atom is -0.387 e. The molecule has 6 heteroatoms. The molecule has 1 amide bonds. The maximum atomic E-state index is 12.3. The van der Waals surface area contributed by atoms with Gasteiger partial charge < -0.3 is 5.32 Å². The van der Waals surface area contributed by atoms with E-state index < -0.39 is 15.9 Å². The second-order valence-corrected chi connectivity index (χ2v) is 5.88. The van der Waals surface area contributed by atoms with Crippen LogP contribution in [0.3, 0.4) is 0 Å². The number of rotatable bonds is 2.